The number of fused-ring (bicyclic) bond motifs is 5. The van der Waals surface area contributed by atoms with Crippen LogP contribution < -0.4 is 5.32 Å². The van der Waals surface area contributed by atoms with Gasteiger partial charge in [0.15, 0.2) is 0 Å². The highest BCUT2D eigenvalue weighted by atomic mass is 16.3. The van der Waals surface area contributed by atoms with Crippen LogP contribution in [0.15, 0.2) is 0 Å². The number of Topliss-reactive ketones (excluding diaryl/α,β-unsaturated/α-hetero) is 1. The van der Waals surface area contributed by atoms with E-state index in [0.29, 0.717) is 28.6 Å². The minimum absolute atomic E-state index is 0.0124. The maximum absolute atomic E-state index is 12.7. The standard InChI is InChI=1S/C30H47NO2/c1-27-9-10-30(33,18-31-29-14-19-11-20(15-29)13-21(12-19)16-29)17-22(27)3-4-23-24-5-6-26(32)28(24,2)8-7-25(23)27/h19-25,31,33H,3-18H2,1-2H3/t19?,20?,21?,22?,23?,24?,25?,27-,28-,29?,30+/m0/s1. The van der Waals surface area contributed by atoms with Crippen LogP contribution in [-0.2, 0) is 4.79 Å². The summed E-state index contributed by atoms with van der Waals surface area (Å²) in [5, 5.41) is 15.9. The van der Waals surface area contributed by atoms with E-state index in [1.807, 2.05) is 0 Å². The summed E-state index contributed by atoms with van der Waals surface area (Å²) in [7, 11) is 0. The molecule has 0 radical (unpaired) electrons. The smallest absolute Gasteiger partial charge is 0.139 e. The van der Waals surface area contributed by atoms with Gasteiger partial charge in [-0.05, 0) is 137 Å². The molecule has 4 unspecified atom stereocenters. The van der Waals surface area contributed by atoms with Gasteiger partial charge in [-0.25, -0.2) is 0 Å². The van der Waals surface area contributed by atoms with Gasteiger partial charge in [-0.1, -0.05) is 13.8 Å². The van der Waals surface area contributed by atoms with Crippen molar-refractivity contribution in [3.8, 4) is 0 Å². The molecule has 8 fully saturated rings. The molecule has 33 heavy (non-hydrogen) atoms. The summed E-state index contributed by atoms with van der Waals surface area (Å²) in [5.74, 6) is 6.28. The van der Waals surface area contributed by atoms with Crippen LogP contribution in [0, 0.1) is 52.3 Å². The fraction of sp³-hybridized carbons (Fsp3) is 0.967. The summed E-state index contributed by atoms with van der Waals surface area (Å²) in [6, 6.07) is 0. The SMILES string of the molecule is C[C@]12CC[C@](O)(CNC34CC5CC(CC(C5)C3)C4)CC1CCC1C2CC[C@]2(C)C(=O)CCC12. The Labute approximate surface area is 201 Å². The average Bonchev–Trinajstić information content (AvgIpc) is 3.07. The van der Waals surface area contributed by atoms with E-state index in [4.69, 9.17) is 0 Å². The zero-order chi connectivity index (χ0) is 22.6. The van der Waals surface area contributed by atoms with E-state index < -0.39 is 5.60 Å². The van der Waals surface area contributed by atoms with Crippen molar-refractivity contribution in [3.63, 3.8) is 0 Å². The van der Waals surface area contributed by atoms with E-state index >= 15 is 0 Å². The lowest BCUT2D eigenvalue weighted by Crippen LogP contribution is -2.63. The first-order chi connectivity index (χ1) is 15.7. The summed E-state index contributed by atoms with van der Waals surface area (Å²) >= 11 is 0. The zero-order valence-corrected chi connectivity index (χ0v) is 21.2. The van der Waals surface area contributed by atoms with Crippen LogP contribution in [0.4, 0.5) is 0 Å². The van der Waals surface area contributed by atoms with Crippen molar-refractivity contribution >= 4 is 5.78 Å². The van der Waals surface area contributed by atoms with E-state index in [1.165, 1.54) is 64.2 Å². The molecule has 0 saturated heterocycles. The van der Waals surface area contributed by atoms with Gasteiger partial charge in [0.05, 0.1) is 5.60 Å². The van der Waals surface area contributed by atoms with Crippen LogP contribution in [0.1, 0.15) is 110 Å². The van der Waals surface area contributed by atoms with Crippen molar-refractivity contribution in [2.45, 2.75) is 121 Å². The molecular weight excluding hydrogens is 406 g/mol. The summed E-state index contributed by atoms with van der Waals surface area (Å²) in [6.45, 7) is 5.71. The highest BCUT2D eigenvalue weighted by molar-refractivity contribution is 5.87. The monoisotopic (exact) mass is 453 g/mol. The van der Waals surface area contributed by atoms with Gasteiger partial charge in [-0.2, -0.15) is 0 Å². The number of hydrogen-bond donors (Lipinski definition) is 2. The fourth-order valence-corrected chi connectivity index (χ4v) is 11.9. The second-order valence-corrected chi connectivity index (χ2v) is 15.1. The van der Waals surface area contributed by atoms with E-state index in [-0.39, 0.29) is 5.41 Å². The molecule has 0 aromatic rings. The summed E-state index contributed by atoms with van der Waals surface area (Å²) < 4.78 is 0. The number of rotatable bonds is 3. The number of β-amino-alcohol motifs (C(OH)–C–C–N with tert-alkyl or cyclic N) is 1. The third-order valence-corrected chi connectivity index (χ3v) is 13.4. The Morgan fingerprint density at radius 1 is 0.848 bits per heavy atom. The van der Waals surface area contributed by atoms with Gasteiger partial charge in [-0.15, -0.1) is 0 Å². The van der Waals surface area contributed by atoms with Crippen LogP contribution in [0.25, 0.3) is 0 Å². The highest BCUT2D eigenvalue weighted by Gasteiger charge is 2.61. The molecule has 0 aromatic heterocycles. The minimum atomic E-state index is -0.507. The first-order valence-corrected chi connectivity index (χ1v) is 14.7. The molecule has 0 heterocycles. The van der Waals surface area contributed by atoms with Crippen molar-refractivity contribution in [1.29, 1.82) is 0 Å². The second-order valence-electron chi connectivity index (χ2n) is 15.1. The third kappa shape index (κ3) is 3.16. The predicted molar refractivity (Wildman–Crippen MR) is 131 cm³/mol. The van der Waals surface area contributed by atoms with Gasteiger partial charge >= 0.3 is 0 Å². The molecule has 184 valence electrons. The third-order valence-electron chi connectivity index (χ3n) is 13.4. The summed E-state index contributed by atoms with van der Waals surface area (Å²) in [6.07, 6.45) is 18.7. The summed E-state index contributed by atoms with van der Waals surface area (Å²) in [4.78, 5) is 12.7. The number of aliphatic hydroxyl groups is 1. The van der Waals surface area contributed by atoms with Crippen molar-refractivity contribution in [1.82, 2.24) is 5.32 Å². The molecule has 3 nitrogen and oxygen atoms in total. The molecule has 8 rings (SSSR count). The van der Waals surface area contributed by atoms with Crippen molar-refractivity contribution in [3.05, 3.63) is 0 Å². The maximum atomic E-state index is 12.7. The Hall–Kier alpha value is -0.410. The lowest BCUT2D eigenvalue weighted by Gasteiger charge is -2.62. The van der Waals surface area contributed by atoms with Crippen LogP contribution >= 0.6 is 0 Å². The number of ketones is 1. The molecule has 3 heteroatoms. The number of carbonyl (C=O) groups is 1. The maximum Gasteiger partial charge on any atom is 0.139 e. The van der Waals surface area contributed by atoms with E-state index in [2.05, 4.69) is 19.2 Å². The van der Waals surface area contributed by atoms with Gasteiger partial charge in [0.25, 0.3) is 0 Å². The average molecular weight is 454 g/mol. The quantitative estimate of drug-likeness (QED) is 0.560. The molecule has 8 saturated carbocycles. The Kier molecular flexibility index (Phi) is 4.69. The highest BCUT2D eigenvalue weighted by Crippen LogP contribution is 2.66. The topological polar surface area (TPSA) is 49.3 Å². The molecule has 7 atom stereocenters. The summed E-state index contributed by atoms with van der Waals surface area (Å²) in [5.41, 5.74) is 0.211. The van der Waals surface area contributed by atoms with Crippen molar-refractivity contribution in [2.75, 3.05) is 6.54 Å². The number of nitrogens with one attached hydrogen (secondary N) is 1. The largest absolute Gasteiger partial charge is 0.389 e. The Bertz CT molecular complexity index is 802. The molecule has 0 spiro atoms. The van der Waals surface area contributed by atoms with Crippen LogP contribution in [0.2, 0.25) is 0 Å². The minimum Gasteiger partial charge on any atom is -0.389 e. The molecule has 2 N–H and O–H groups in total. The molecule has 4 bridgehead atoms. The second kappa shape index (κ2) is 7.09. The van der Waals surface area contributed by atoms with Gasteiger partial charge in [0.2, 0.25) is 0 Å². The molecule has 0 amide bonds. The fourth-order valence-electron chi connectivity index (χ4n) is 11.9. The molecule has 0 aromatic carbocycles. The first kappa shape index (κ1) is 21.8. The Morgan fingerprint density at radius 2 is 1.55 bits per heavy atom. The van der Waals surface area contributed by atoms with E-state index in [1.54, 1.807) is 0 Å². The predicted octanol–water partition coefficient (Wildman–Crippen LogP) is 5.89. The molecular formula is C30H47NO2. The first-order valence-electron chi connectivity index (χ1n) is 14.7. The van der Waals surface area contributed by atoms with Gasteiger partial charge in [0, 0.05) is 23.9 Å². The normalized spacial score (nSPS) is 59.2. The van der Waals surface area contributed by atoms with Crippen LogP contribution in [-0.4, -0.2) is 28.6 Å². The van der Waals surface area contributed by atoms with Gasteiger partial charge in [0.1, 0.15) is 5.78 Å². The Morgan fingerprint density at radius 3 is 2.24 bits per heavy atom. The van der Waals surface area contributed by atoms with Crippen LogP contribution in [0.3, 0.4) is 0 Å². The van der Waals surface area contributed by atoms with Gasteiger partial charge in [-0.3, -0.25) is 4.79 Å². The lowest BCUT2D eigenvalue weighted by molar-refractivity contribution is -0.155. The molecule has 0 aliphatic heterocycles. The Balaban J connectivity index is 1.05. The number of hydrogen-bond acceptors (Lipinski definition) is 3. The lowest BCUT2D eigenvalue weighted by atomic mass is 9.44. The number of carbonyl (C=O) groups excluding carboxylic acids is 1. The molecule has 8 aliphatic carbocycles. The van der Waals surface area contributed by atoms with E-state index in [0.717, 1.165) is 68.2 Å². The zero-order valence-electron chi connectivity index (χ0n) is 21.2. The van der Waals surface area contributed by atoms with Crippen molar-refractivity contribution < 1.29 is 9.90 Å². The van der Waals surface area contributed by atoms with Gasteiger partial charge < -0.3 is 10.4 Å². The van der Waals surface area contributed by atoms with E-state index in [9.17, 15) is 9.90 Å². The van der Waals surface area contributed by atoms with Crippen LogP contribution in [0.5, 0.6) is 0 Å². The van der Waals surface area contributed by atoms with Crippen molar-refractivity contribution in [2.24, 2.45) is 52.3 Å². The molecule has 8 aliphatic rings.